The maximum Gasteiger partial charge on any atom is 0.226 e. The van der Waals surface area contributed by atoms with Crippen LogP contribution in [-0.4, -0.2) is 34.7 Å². The summed E-state index contributed by atoms with van der Waals surface area (Å²) >= 11 is 1.64. The Labute approximate surface area is 176 Å². The van der Waals surface area contributed by atoms with Crippen molar-refractivity contribution in [2.24, 2.45) is 5.92 Å². The summed E-state index contributed by atoms with van der Waals surface area (Å²) in [5.74, 6) is 2.72. The van der Waals surface area contributed by atoms with E-state index >= 15 is 0 Å². The molecule has 5 nitrogen and oxygen atoms in total. The zero-order chi connectivity index (χ0) is 20.2. The molecule has 3 heterocycles. The third-order valence-corrected chi connectivity index (χ3v) is 6.53. The average molecular weight is 413 g/mol. The van der Waals surface area contributed by atoms with Crippen LogP contribution in [0.1, 0.15) is 42.2 Å². The zero-order valence-electron chi connectivity index (χ0n) is 17.0. The van der Waals surface area contributed by atoms with E-state index in [-0.39, 0.29) is 6.10 Å². The molecule has 0 bridgehead atoms. The summed E-state index contributed by atoms with van der Waals surface area (Å²) in [6.07, 6.45) is 1.67. The highest BCUT2D eigenvalue weighted by Crippen LogP contribution is 2.33. The summed E-state index contributed by atoms with van der Waals surface area (Å²) in [4.78, 5) is 8.23. The first kappa shape index (κ1) is 20.1. The van der Waals surface area contributed by atoms with Crippen molar-refractivity contribution >= 4 is 11.3 Å². The molecule has 0 spiro atoms. The molecule has 2 aromatic heterocycles. The Hall–Kier alpha value is -2.15. The minimum atomic E-state index is -0.336. The molecular formula is C23H28N2O3S. The third-order valence-electron chi connectivity index (χ3n) is 5.59. The molecule has 6 heteroatoms. The van der Waals surface area contributed by atoms with Gasteiger partial charge in [-0.05, 0) is 81.4 Å². The van der Waals surface area contributed by atoms with Crippen molar-refractivity contribution in [3.8, 4) is 17.2 Å². The minimum Gasteiger partial charge on any atom is -0.494 e. The molecule has 0 amide bonds. The molecule has 4 rings (SSSR count). The normalized spacial score (nSPS) is 16.8. The molecule has 1 atom stereocenters. The van der Waals surface area contributed by atoms with Crippen molar-refractivity contribution in [2.45, 2.75) is 39.3 Å². The molecule has 1 N–H and O–H groups in total. The van der Waals surface area contributed by atoms with Gasteiger partial charge in [-0.1, -0.05) is 6.07 Å². The Kier molecular flexibility index (Phi) is 6.33. The van der Waals surface area contributed by atoms with Gasteiger partial charge in [-0.3, -0.25) is 4.90 Å². The number of thiophene rings is 1. The van der Waals surface area contributed by atoms with E-state index in [1.54, 1.807) is 11.3 Å². The van der Waals surface area contributed by atoms with E-state index in [0.717, 1.165) is 60.1 Å². The molecule has 0 unspecified atom stereocenters. The highest BCUT2D eigenvalue weighted by Gasteiger charge is 2.27. The molecule has 1 saturated heterocycles. The van der Waals surface area contributed by atoms with Crippen LogP contribution in [0.5, 0.6) is 5.75 Å². The topological polar surface area (TPSA) is 58.7 Å². The van der Waals surface area contributed by atoms with Crippen molar-refractivity contribution < 1.29 is 14.3 Å². The van der Waals surface area contributed by atoms with Crippen molar-refractivity contribution in [3.63, 3.8) is 0 Å². The van der Waals surface area contributed by atoms with Crippen LogP contribution in [-0.2, 0) is 6.54 Å². The molecule has 1 fully saturated rings. The van der Waals surface area contributed by atoms with Crippen molar-refractivity contribution in [2.75, 3.05) is 19.7 Å². The van der Waals surface area contributed by atoms with Gasteiger partial charge < -0.3 is 14.3 Å². The predicted octanol–water partition coefficient (Wildman–Crippen LogP) is 5.06. The van der Waals surface area contributed by atoms with E-state index < -0.39 is 0 Å². The Morgan fingerprint density at radius 3 is 2.66 bits per heavy atom. The second kappa shape index (κ2) is 9.11. The summed E-state index contributed by atoms with van der Waals surface area (Å²) in [6, 6.07) is 11.9. The van der Waals surface area contributed by atoms with Crippen molar-refractivity contribution in [3.05, 3.63) is 58.1 Å². The number of piperidine rings is 1. The summed E-state index contributed by atoms with van der Waals surface area (Å²) in [5.41, 5.74) is 1.95. The van der Waals surface area contributed by atoms with Gasteiger partial charge in [-0.15, -0.1) is 11.3 Å². The van der Waals surface area contributed by atoms with Crippen LogP contribution in [0, 0.1) is 12.8 Å². The fraction of sp³-hybridized carbons (Fsp3) is 0.435. The Bertz CT molecular complexity index is 897. The first-order valence-electron chi connectivity index (χ1n) is 10.3. The number of likely N-dealkylation sites (tertiary alicyclic amines) is 1. The van der Waals surface area contributed by atoms with Gasteiger partial charge in [-0.25, -0.2) is 4.98 Å². The van der Waals surface area contributed by atoms with Gasteiger partial charge in [0.05, 0.1) is 18.4 Å². The molecule has 1 aliphatic rings. The lowest BCUT2D eigenvalue weighted by Gasteiger charge is -2.33. The maximum absolute atomic E-state index is 10.6. The molecular weight excluding hydrogens is 384 g/mol. The fourth-order valence-electron chi connectivity index (χ4n) is 3.89. The third kappa shape index (κ3) is 4.71. The van der Waals surface area contributed by atoms with Gasteiger partial charge in [-0.2, -0.15) is 0 Å². The molecule has 1 aromatic carbocycles. The quantitative estimate of drug-likeness (QED) is 0.588. The number of aliphatic hydroxyl groups excluding tert-OH is 1. The number of hydrogen-bond donors (Lipinski definition) is 1. The van der Waals surface area contributed by atoms with E-state index in [1.807, 2.05) is 55.6 Å². The second-order valence-electron chi connectivity index (χ2n) is 7.55. The Morgan fingerprint density at radius 1 is 1.24 bits per heavy atom. The highest BCUT2D eigenvalue weighted by molar-refractivity contribution is 7.10. The Balaban J connectivity index is 1.36. The molecule has 0 radical (unpaired) electrons. The zero-order valence-corrected chi connectivity index (χ0v) is 17.8. The molecule has 29 heavy (non-hydrogen) atoms. The summed E-state index contributed by atoms with van der Waals surface area (Å²) in [6.45, 7) is 7.34. The van der Waals surface area contributed by atoms with E-state index in [1.165, 1.54) is 0 Å². The second-order valence-corrected chi connectivity index (χ2v) is 8.53. The molecule has 0 saturated carbocycles. The number of ether oxygens (including phenoxy) is 1. The highest BCUT2D eigenvalue weighted by atomic mass is 32.1. The largest absolute Gasteiger partial charge is 0.494 e. The smallest absolute Gasteiger partial charge is 0.226 e. The van der Waals surface area contributed by atoms with Crippen LogP contribution in [0.15, 0.2) is 46.2 Å². The number of hydrogen-bond acceptors (Lipinski definition) is 6. The van der Waals surface area contributed by atoms with E-state index in [4.69, 9.17) is 14.1 Å². The summed E-state index contributed by atoms with van der Waals surface area (Å²) in [7, 11) is 0. The van der Waals surface area contributed by atoms with Crippen LogP contribution >= 0.6 is 11.3 Å². The lowest BCUT2D eigenvalue weighted by Crippen LogP contribution is -2.35. The van der Waals surface area contributed by atoms with Crippen LogP contribution in [0.4, 0.5) is 0 Å². The molecule has 1 aliphatic heterocycles. The lowest BCUT2D eigenvalue weighted by atomic mass is 9.90. The van der Waals surface area contributed by atoms with Crippen LogP contribution in [0.25, 0.3) is 11.5 Å². The van der Waals surface area contributed by atoms with Crippen molar-refractivity contribution in [1.29, 1.82) is 0 Å². The summed E-state index contributed by atoms with van der Waals surface area (Å²) in [5, 5.41) is 12.6. The lowest BCUT2D eigenvalue weighted by molar-refractivity contribution is 0.0586. The molecule has 0 aliphatic carbocycles. The summed E-state index contributed by atoms with van der Waals surface area (Å²) < 4.78 is 11.4. The van der Waals surface area contributed by atoms with E-state index in [9.17, 15) is 5.11 Å². The van der Waals surface area contributed by atoms with Gasteiger partial charge in [0.1, 0.15) is 11.5 Å². The fourth-order valence-corrected chi connectivity index (χ4v) is 4.69. The SMILES string of the molecule is CCOc1ccc(-c2nc(CN3CCC([C@@H](O)c4cccs4)CC3)c(C)o2)cc1. The molecule has 154 valence electrons. The average Bonchev–Trinajstić information content (AvgIpc) is 3.40. The van der Waals surface area contributed by atoms with Crippen LogP contribution in [0.2, 0.25) is 0 Å². The number of aryl methyl sites for hydroxylation is 1. The monoisotopic (exact) mass is 412 g/mol. The predicted molar refractivity (Wildman–Crippen MR) is 115 cm³/mol. The number of rotatable bonds is 7. The van der Waals surface area contributed by atoms with Gasteiger partial charge in [0.15, 0.2) is 0 Å². The molecule has 3 aromatic rings. The van der Waals surface area contributed by atoms with E-state index in [2.05, 4.69) is 4.90 Å². The van der Waals surface area contributed by atoms with E-state index in [0.29, 0.717) is 18.4 Å². The first-order chi connectivity index (χ1) is 14.1. The number of aliphatic hydroxyl groups is 1. The number of oxazole rings is 1. The van der Waals surface area contributed by atoms with Crippen LogP contribution < -0.4 is 4.74 Å². The number of aromatic nitrogens is 1. The Morgan fingerprint density at radius 2 is 2.00 bits per heavy atom. The van der Waals surface area contributed by atoms with Gasteiger partial charge in [0.25, 0.3) is 0 Å². The standard InChI is InChI=1S/C23H28N2O3S/c1-3-27-19-8-6-18(7-9-19)23-24-20(16(2)28-23)15-25-12-10-17(11-13-25)22(26)21-5-4-14-29-21/h4-9,14,17,22,26H,3,10-13,15H2,1-2H3/t22-/m1/s1. The number of benzene rings is 1. The van der Waals surface area contributed by atoms with Gasteiger partial charge >= 0.3 is 0 Å². The minimum absolute atomic E-state index is 0.336. The maximum atomic E-state index is 10.6. The number of nitrogens with zero attached hydrogens (tertiary/aromatic N) is 2. The van der Waals surface area contributed by atoms with Gasteiger partial charge in [0, 0.05) is 17.0 Å². The van der Waals surface area contributed by atoms with Crippen LogP contribution in [0.3, 0.4) is 0 Å². The first-order valence-corrected chi connectivity index (χ1v) is 11.2. The van der Waals surface area contributed by atoms with Crippen molar-refractivity contribution in [1.82, 2.24) is 9.88 Å². The van der Waals surface area contributed by atoms with Gasteiger partial charge in [0.2, 0.25) is 5.89 Å².